The highest BCUT2D eigenvalue weighted by atomic mass is 35.5. The molecular formula is C12H10ClFN2O3. The van der Waals surface area contributed by atoms with Crippen LogP contribution in [0.4, 0.5) is 10.1 Å². The molecule has 0 bridgehead atoms. The number of hydrogen-bond acceptors (Lipinski definition) is 3. The van der Waals surface area contributed by atoms with Gasteiger partial charge in [0.15, 0.2) is 0 Å². The summed E-state index contributed by atoms with van der Waals surface area (Å²) in [5.74, 6) is -2.04. The lowest BCUT2D eigenvalue weighted by molar-refractivity contribution is 0.0695. The fraction of sp³-hybridized carbons (Fsp3) is 0.167. The molecule has 0 fully saturated rings. The first-order valence-corrected chi connectivity index (χ1v) is 5.81. The Morgan fingerprint density at radius 2 is 2.21 bits per heavy atom. The lowest BCUT2D eigenvalue weighted by Crippen LogP contribution is -2.16. The van der Waals surface area contributed by atoms with Crippen LogP contribution in [0, 0.1) is 5.82 Å². The second-order valence-electron chi connectivity index (χ2n) is 3.86. The molecule has 0 radical (unpaired) electrons. The van der Waals surface area contributed by atoms with Gasteiger partial charge in [0.1, 0.15) is 11.4 Å². The number of halogens is 2. The Balaban J connectivity index is 2.75. The van der Waals surface area contributed by atoms with Crippen molar-refractivity contribution in [1.82, 2.24) is 4.98 Å². The SMILES string of the molecule is CCN(Cl)c1cc2[nH]cc(C(=O)O)c(=O)c2cc1F. The number of pyridine rings is 1. The molecule has 0 amide bonds. The molecule has 0 aliphatic carbocycles. The topological polar surface area (TPSA) is 73.4 Å². The number of carboxylic acid groups (broad SMARTS) is 1. The summed E-state index contributed by atoms with van der Waals surface area (Å²) in [4.78, 5) is 25.3. The molecule has 19 heavy (non-hydrogen) atoms. The third-order valence-electron chi connectivity index (χ3n) is 2.72. The first kappa shape index (κ1) is 13.4. The van der Waals surface area contributed by atoms with Crippen molar-refractivity contribution in [3.8, 4) is 0 Å². The van der Waals surface area contributed by atoms with Crippen molar-refractivity contribution >= 4 is 34.3 Å². The minimum absolute atomic E-state index is 0.0256. The van der Waals surface area contributed by atoms with E-state index in [9.17, 15) is 14.0 Å². The Morgan fingerprint density at radius 1 is 1.53 bits per heavy atom. The molecule has 1 aromatic heterocycles. The minimum Gasteiger partial charge on any atom is -0.477 e. The average molecular weight is 285 g/mol. The Labute approximate surface area is 112 Å². The van der Waals surface area contributed by atoms with Gasteiger partial charge < -0.3 is 10.1 Å². The second-order valence-corrected chi connectivity index (χ2v) is 4.27. The van der Waals surface area contributed by atoms with Gasteiger partial charge in [-0.05, 0) is 19.1 Å². The smallest absolute Gasteiger partial charge is 0.341 e. The molecule has 5 nitrogen and oxygen atoms in total. The zero-order valence-corrected chi connectivity index (χ0v) is 10.7. The van der Waals surface area contributed by atoms with E-state index in [-0.39, 0.29) is 11.1 Å². The van der Waals surface area contributed by atoms with Crippen LogP contribution in [0.15, 0.2) is 23.1 Å². The lowest BCUT2D eigenvalue weighted by Gasteiger charge is -2.14. The number of hydrogen-bond donors (Lipinski definition) is 2. The van der Waals surface area contributed by atoms with Gasteiger partial charge in [-0.1, -0.05) is 0 Å². The molecule has 100 valence electrons. The molecule has 0 saturated carbocycles. The number of aromatic nitrogens is 1. The summed E-state index contributed by atoms with van der Waals surface area (Å²) in [7, 11) is 0. The highest BCUT2D eigenvalue weighted by molar-refractivity contribution is 6.25. The van der Waals surface area contributed by atoms with Gasteiger partial charge in [0.2, 0.25) is 5.43 Å². The van der Waals surface area contributed by atoms with Crippen LogP contribution in [0.3, 0.4) is 0 Å². The number of benzene rings is 1. The van der Waals surface area contributed by atoms with E-state index in [1.54, 1.807) is 6.92 Å². The zero-order chi connectivity index (χ0) is 14.2. The number of aromatic carboxylic acids is 1. The summed E-state index contributed by atoms with van der Waals surface area (Å²) in [5, 5.41) is 8.81. The van der Waals surface area contributed by atoms with Gasteiger partial charge in [-0.2, -0.15) is 0 Å². The highest BCUT2D eigenvalue weighted by Crippen LogP contribution is 2.24. The van der Waals surface area contributed by atoms with Crippen LogP contribution >= 0.6 is 11.8 Å². The maximum atomic E-state index is 13.8. The van der Waals surface area contributed by atoms with Crippen LogP contribution in [0.25, 0.3) is 10.9 Å². The predicted molar refractivity (Wildman–Crippen MR) is 70.4 cm³/mol. The molecule has 0 aliphatic rings. The van der Waals surface area contributed by atoms with E-state index in [2.05, 4.69) is 4.98 Å². The molecule has 0 atom stereocenters. The first-order valence-electron chi connectivity index (χ1n) is 5.47. The quantitative estimate of drug-likeness (QED) is 0.849. The van der Waals surface area contributed by atoms with Gasteiger partial charge in [0, 0.05) is 29.9 Å². The summed E-state index contributed by atoms with van der Waals surface area (Å²) in [5.41, 5.74) is -0.719. The summed E-state index contributed by atoms with van der Waals surface area (Å²) in [6.07, 6.45) is 1.08. The predicted octanol–water partition coefficient (Wildman–Crippen LogP) is 2.35. The van der Waals surface area contributed by atoms with Crippen molar-refractivity contribution in [2.24, 2.45) is 0 Å². The largest absolute Gasteiger partial charge is 0.477 e. The molecule has 7 heteroatoms. The number of aromatic amines is 1. The number of rotatable bonds is 3. The molecule has 2 N–H and O–H groups in total. The van der Waals surface area contributed by atoms with Crippen molar-refractivity contribution in [2.75, 3.05) is 11.0 Å². The number of H-pyrrole nitrogens is 1. The molecule has 0 aliphatic heterocycles. The molecule has 2 aromatic rings. The number of anilines is 1. The molecular weight excluding hydrogens is 275 g/mol. The fourth-order valence-corrected chi connectivity index (χ4v) is 1.87. The van der Waals surface area contributed by atoms with Gasteiger partial charge in [-0.3, -0.25) is 9.21 Å². The van der Waals surface area contributed by atoms with Gasteiger partial charge in [-0.25, -0.2) is 9.18 Å². The van der Waals surface area contributed by atoms with Crippen LogP contribution in [0.2, 0.25) is 0 Å². The van der Waals surface area contributed by atoms with Gasteiger partial charge in [0.25, 0.3) is 0 Å². The molecule has 1 aromatic carbocycles. The Kier molecular flexibility index (Phi) is 3.44. The van der Waals surface area contributed by atoms with Crippen LogP contribution in [-0.2, 0) is 0 Å². The van der Waals surface area contributed by atoms with E-state index in [1.165, 1.54) is 6.07 Å². The van der Waals surface area contributed by atoms with Crippen molar-refractivity contribution in [3.63, 3.8) is 0 Å². The Morgan fingerprint density at radius 3 is 2.79 bits per heavy atom. The standard InChI is InChI=1S/C12H10ClFN2O3/c1-2-16(13)10-4-9-6(3-8(10)14)11(17)7(5-15-9)12(18)19/h3-5H,2H2,1H3,(H,15,17)(H,18,19). The second kappa shape index (κ2) is 4.89. The van der Waals surface area contributed by atoms with Crippen LogP contribution < -0.4 is 9.85 Å². The summed E-state index contributed by atoms with van der Waals surface area (Å²) < 4.78 is 15.0. The Hall–Kier alpha value is -2.08. The number of carbonyl (C=O) groups is 1. The normalized spacial score (nSPS) is 10.7. The minimum atomic E-state index is -1.36. The summed E-state index contributed by atoms with van der Waals surface area (Å²) in [6, 6.07) is 2.36. The molecule has 0 spiro atoms. The number of nitrogens with one attached hydrogen (secondary N) is 1. The third kappa shape index (κ3) is 2.26. The number of fused-ring (bicyclic) bond motifs is 1. The van der Waals surface area contributed by atoms with E-state index in [0.717, 1.165) is 16.7 Å². The van der Waals surface area contributed by atoms with E-state index in [4.69, 9.17) is 16.9 Å². The van der Waals surface area contributed by atoms with Gasteiger partial charge >= 0.3 is 5.97 Å². The van der Waals surface area contributed by atoms with Crippen molar-refractivity contribution in [1.29, 1.82) is 0 Å². The summed E-state index contributed by atoms with van der Waals surface area (Å²) in [6.45, 7) is 2.12. The van der Waals surface area contributed by atoms with E-state index in [1.807, 2.05) is 0 Å². The lowest BCUT2D eigenvalue weighted by atomic mass is 10.1. The van der Waals surface area contributed by atoms with E-state index < -0.39 is 22.8 Å². The average Bonchev–Trinajstić information content (AvgIpc) is 2.38. The summed E-state index contributed by atoms with van der Waals surface area (Å²) >= 11 is 5.83. The maximum absolute atomic E-state index is 13.8. The molecule has 1 heterocycles. The van der Waals surface area contributed by atoms with Crippen LogP contribution in [0.1, 0.15) is 17.3 Å². The fourth-order valence-electron chi connectivity index (χ4n) is 1.74. The van der Waals surface area contributed by atoms with Gasteiger partial charge in [-0.15, -0.1) is 0 Å². The van der Waals surface area contributed by atoms with E-state index in [0.29, 0.717) is 12.1 Å². The van der Waals surface area contributed by atoms with Crippen molar-refractivity contribution in [2.45, 2.75) is 6.92 Å². The first-order chi connectivity index (χ1) is 8.95. The number of carboxylic acids is 1. The van der Waals surface area contributed by atoms with Gasteiger partial charge in [0.05, 0.1) is 11.2 Å². The van der Waals surface area contributed by atoms with Crippen molar-refractivity contribution in [3.05, 3.63) is 39.9 Å². The van der Waals surface area contributed by atoms with Crippen LogP contribution in [0.5, 0.6) is 0 Å². The molecule has 0 unspecified atom stereocenters. The highest BCUT2D eigenvalue weighted by Gasteiger charge is 2.15. The molecule has 2 rings (SSSR count). The number of nitrogens with zero attached hydrogens (tertiary/aromatic N) is 1. The van der Waals surface area contributed by atoms with E-state index >= 15 is 0 Å². The van der Waals surface area contributed by atoms with Crippen LogP contribution in [-0.4, -0.2) is 22.6 Å². The third-order valence-corrected chi connectivity index (χ3v) is 3.14. The monoisotopic (exact) mass is 284 g/mol. The zero-order valence-electron chi connectivity index (χ0n) is 9.91. The van der Waals surface area contributed by atoms with Crippen molar-refractivity contribution < 1.29 is 14.3 Å². The maximum Gasteiger partial charge on any atom is 0.341 e. The Bertz CT molecular complexity index is 714. The molecule has 0 saturated heterocycles.